The lowest BCUT2D eigenvalue weighted by Crippen LogP contribution is -2.51. The number of hydrogen-bond donors (Lipinski definition) is 2. The molecule has 36 heavy (non-hydrogen) atoms. The Morgan fingerprint density at radius 3 is 2.36 bits per heavy atom. The normalized spacial score (nSPS) is 15.3. The van der Waals surface area contributed by atoms with Crippen LogP contribution in [0.4, 0.5) is 21.9 Å². The molecule has 0 saturated carbocycles. The zero-order valence-corrected chi connectivity index (χ0v) is 21.3. The van der Waals surface area contributed by atoms with Gasteiger partial charge in [-0.3, -0.25) is 14.0 Å². The van der Waals surface area contributed by atoms with Gasteiger partial charge in [-0.15, -0.1) is 0 Å². The molecule has 3 N–H and O–H groups in total. The molecule has 4 rings (SSSR count). The van der Waals surface area contributed by atoms with Crippen molar-refractivity contribution in [1.82, 2.24) is 0 Å². The van der Waals surface area contributed by atoms with Crippen LogP contribution in [0, 0.1) is 6.92 Å². The first-order valence-electron chi connectivity index (χ1n) is 11.5. The van der Waals surface area contributed by atoms with Crippen LogP contribution >= 0.6 is 11.6 Å². The van der Waals surface area contributed by atoms with E-state index < -0.39 is 28.0 Å². The Hall–Kier alpha value is -3.56. The Bertz CT molecular complexity index is 1360. The highest BCUT2D eigenvalue weighted by atomic mass is 35.5. The van der Waals surface area contributed by atoms with E-state index in [1.165, 1.54) is 9.21 Å². The number of nitrogens with one attached hydrogen (secondary N) is 1. The summed E-state index contributed by atoms with van der Waals surface area (Å²) in [5, 5.41) is 3.36. The van der Waals surface area contributed by atoms with Gasteiger partial charge in [0.15, 0.2) is 0 Å². The van der Waals surface area contributed by atoms with Crippen LogP contribution in [0.2, 0.25) is 5.02 Å². The number of sulfonamides is 1. The molecule has 1 aliphatic heterocycles. The number of primary amides is 1. The molecule has 1 fully saturated rings. The Labute approximate surface area is 215 Å². The van der Waals surface area contributed by atoms with Crippen molar-refractivity contribution in [1.29, 1.82) is 0 Å². The molecule has 3 amide bonds. The fourth-order valence-electron chi connectivity index (χ4n) is 4.35. The lowest BCUT2D eigenvalue weighted by atomic mass is 10.0. The number of hydrogen-bond acceptors (Lipinski definition) is 4. The predicted molar refractivity (Wildman–Crippen MR) is 143 cm³/mol. The van der Waals surface area contributed by atoms with Crippen LogP contribution in [0.15, 0.2) is 72.8 Å². The van der Waals surface area contributed by atoms with Crippen molar-refractivity contribution in [2.45, 2.75) is 25.8 Å². The summed E-state index contributed by atoms with van der Waals surface area (Å²) in [4.78, 5) is 27.4. The van der Waals surface area contributed by atoms with Gasteiger partial charge in [0.1, 0.15) is 6.04 Å². The number of halogens is 1. The Morgan fingerprint density at radius 2 is 1.78 bits per heavy atom. The molecule has 0 radical (unpaired) electrons. The van der Waals surface area contributed by atoms with Gasteiger partial charge in [-0.05, 0) is 66.9 Å². The minimum absolute atomic E-state index is 0.125. The van der Waals surface area contributed by atoms with Gasteiger partial charge in [0.2, 0.25) is 15.9 Å². The van der Waals surface area contributed by atoms with E-state index in [0.29, 0.717) is 40.6 Å². The van der Waals surface area contributed by atoms with Crippen LogP contribution in [-0.2, 0) is 21.2 Å². The number of nitrogens with two attached hydrogens (primary N) is 1. The first-order valence-corrected chi connectivity index (χ1v) is 13.4. The number of urea groups is 1. The van der Waals surface area contributed by atoms with Crippen LogP contribution in [0.3, 0.4) is 0 Å². The first-order chi connectivity index (χ1) is 17.2. The second kappa shape index (κ2) is 10.6. The minimum Gasteiger partial charge on any atom is -0.351 e. The Balaban J connectivity index is 1.64. The third-order valence-corrected chi connectivity index (χ3v) is 8.17. The Kier molecular flexibility index (Phi) is 7.51. The molecular formula is C26H27ClN4O4S. The topological polar surface area (TPSA) is 113 Å². The number of carbonyl (C=O) groups excluding carboxylic acids is 2. The Morgan fingerprint density at radius 1 is 1.08 bits per heavy atom. The standard InChI is InChI=1S/C26H27ClN4O4S/c1-18-16-21(10-13-23(18)30-14-5-15-36(30,34)35)29-25(32)24(17-19-6-3-2-4-7-19)31(26(28)33)22-11-8-20(27)9-12-22/h2-4,6-13,16,24H,5,14-15,17H2,1H3,(H2,28,33)(H,29,32). The summed E-state index contributed by atoms with van der Waals surface area (Å²) in [5.41, 5.74) is 8.82. The summed E-state index contributed by atoms with van der Waals surface area (Å²) >= 11 is 6.01. The van der Waals surface area contributed by atoms with Crippen molar-refractivity contribution in [3.8, 4) is 0 Å². The fourth-order valence-corrected chi connectivity index (χ4v) is 6.10. The molecule has 10 heteroatoms. The molecule has 1 aliphatic rings. The number of nitrogens with zero attached hydrogens (tertiary/aromatic N) is 2. The first kappa shape index (κ1) is 25.5. The molecule has 3 aromatic carbocycles. The summed E-state index contributed by atoms with van der Waals surface area (Å²) in [6, 6.07) is 19.2. The lowest BCUT2D eigenvalue weighted by Gasteiger charge is -2.30. The molecule has 188 valence electrons. The summed E-state index contributed by atoms with van der Waals surface area (Å²) in [6.45, 7) is 2.23. The maximum absolute atomic E-state index is 13.6. The van der Waals surface area contributed by atoms with E-state index in [1.54, 1.807) is 49.4 Å². The average molecular weight is 527 g/mol. The van der Waals surface area contributed by atoms with E-state index in [1.807, 2.05) is 30.3 Å². The van der Waals surface area contributed by atoms with Gasteiger partial charge in [0, 0.05) is 29.4 Å². The predicted octanol–water partition coefficient (Wildman–Crippen LogP) is 4.32. The molecule has 0 bridgehead atoms. The smallest absolute Gasteiger partial charge is 0.320 e. The number of carbonyl (C=O) groups is 2. The highest BCUT2D eigenvalue weighted by Crippen LogP contribution is 2.30. The van der Waals surface area contributed by atoms with E-state index in [2.05, 4.69) is 5.32 Å². The molecule has 0 spiro atoms. The van der Waals surface area contributed by atoms with Crippen LogP contribution in [0.1, 0.15) is 17.5 Å². The number of benzene rings is 3. The molecule has 0 aromatic heterocycles. The van der Waals surface area contributed by atoms with Gasteiger partial charge in [0.25, 0.3) is 0 Å². The summed E-state index contributed by atoms with van der Waals surface area (Å²) in [5.74, 6) is -0.312. The van der Waals surface area contributed by atoms with Crippen molar-refractivity contribution >= 4 is 50.6 Å². The zero-order valence-electron chi connectivity index (χ0n) is 19.7. The van der Waals surface area contributed by atoms with E-state index in [4.69, 9.17) is 17.3 Å². The van der Waals surface area contributed by atoms with Gasteiger partial charge >= 0.3 is 6.03 Å². The number of amides is 3. The average Bonchev–Trinajstić information content (AvgIpc) is 3.19. The summed E-state index contributed by atoms with van der Waals surface area (Å²) in [7, 11) is -3.32. The molecule has 0 aliphatic carbocycles. The largest absolute Gasteiger partial charge is 0.351 e. The van der Waals surface area contributed by atoms with Gasteiger partial charge < -0.3 is 11.1 Å². The van der Waals surface area contributed by atoms with Crippen molar-refractivity contribution < 1.29 is 18.0 Å². The third-order valence-electron chi connectivity index (χ3n) is 6.06. The van der Waals surface area contributed by atoms with Crippen LogP contribution in [-0.4, -0.2) is 38.7 Å². The van der Waals surface area contributed by atoms with E-state index >= 15 is 0 Å². The highest BCUT2D eigenvalue weighted by Gasteiger charge is 2.32. The quantitative estimate of drug-likeness (QED) is 0.477. The van der Waals surface area contributed by atoms with Gasteiger partial charge in [-0.2, -0.15) is 0 Å². The number of aryl methyl sites for hydroxylation is 1. The SMILES string of the molecule is Cc1cc(NC(=O)C(Cc2ccccc2)N(C(N)=O)c2ccc(Cl)cc2)ccc1N1CCCS1(=O)=O. The molecule has 3 aromatic rings. The van der Waals surface area contributed by atoms with Crippen LogP contribution < -0.4 is 20.3 Å². The van der Waals surface area contributed by atoms with Crippen molar-refractivity contribution in [3.05, 3.63) is 88.9 Å². The maximum atomic E-state index is 13.6. The van der Waals surface area contributed by atoms with E-state index in [9.17, 15) is 18.0 Å². The van der Waals surface area contributed by atoms with Crippen LogP contribution in [0.25, 0.3) is 0 Å². The van der Waals surface area contributed by atoms with Crippen molar-refractivity contribution in [2.75, 3.05) is 26.8 Å². The summed E-state index contributed by atoms with van der Waals surface area (Å²) in [6.07, 6.45) is 0.802. The molecule has 1 unspecified atom stereocenters. The highest BCUT2D eigenvalue weighted by molar-refractivity contribution is 7.93. The molecular weight excluding hydrogens is 500 g/mol. The zero-order chi connectivity index (χ0) is 25.9. The second-order valence-corrected chi connectivity index (χ2v) is 11.1. The van der Waals surface area contributed by atoms with Gasteiger partial charge in [-0.1, -0.05) is 41.9 Å². The minimum atomic E-state index is -3.32. The molecule has 1 saturated heterocycles. The fraction of sp³-hybridized carbons (Fsp3) is 0.231. The molecule has 8 nitrogen and oxygen atoms in total. The van der Waals surface area contributed by atoms with Crippen LogP contribution in [0.5, 0.6) is 0 Å². The summed E-state index contributed by atoms with van der Waals surface area (Å²) < 4.78 is 26.1. The van der Waals surface area contributed by atoms with Gasteiger partial charge in [-0.25, -0.2) is 13.2 Å². The molecule has 1 heterocycles. The monoisotopic (exact) mass is 526 g/mol. The molecule has 1 atom stereocenters. The van der Waals surface area contributed by atoms with E-state index in [0.717, 1.165) is 5.56 Å². The third kappa shape index (κ3) is 5.63. The maximum Gasteiger partial charge on any atom is 0.320 e. The number of anilines is 3. The van der Waals surface area contributed by atoms with Crippen molar-refractivity contribution in [2.24, 2.45) is 5.73 Å². The second-order valence-electron chi connectivity index (χ2n) is 8.62. The number of rotatable bonds is 7. The van der Waals surface area contributed by atoms with Crippen molar-refractivity contribution in [3.63, 3.8) is 0 Å². The van der Waals surface area contributed by atoms with E-state index in [-0.39, 0.29) is 12.2 Å². The lowest BCUT2D eigenvalue weighted by molar-refractivity contribution is -0.117. The van der Waals surface area contributed by atoms with Gasteiger partial charge in [0.05, 0.1) is 11.4 Å².